The molecule has 0 saturated heterocycles. The van der Waals surface area contributed by atoms with E-state index in [9.17, 15) is 4.79 Å². The standard InChI is InChI=1S/C34H43N3O2/c1-5-26(3)28-16-18-29(19-17-28)39-23-11-22-37-32-13-9-8-12-31(32)36-33(37)14-7-6-10-21-35-34(38)30-20-15-25(2)24-27(30)4/h8-9,12-13,15-20,24,26H,5-7,10-11,14,21-23H2,1-4H3,(H,35,38). The number of imidazole rings is 1. The molecule has 0 aliphatic rings. The molecular weight excluding hydrogens is 482 g/mol. The maximum atomic E-state index is 12.5. The number of nitrogens with one attached hydrogen (secondary N) is 1. The number of aryl methyl sites for hydroxylation is 4. The summed E-state index contributed by atoms with van der Waals surface area (Å²) in [6, 6.07) is 22.9. The van der Waals surface area contributed by atoms with Gasteiger partial charge in [0, 0.05) is 25.1 Å². The lowest BCUT2D eigenvalue weighted by Gasteiger charge is -2.12. The molecule has 1 amide bonds. The second-order valence-electron chi connectivity index (χ2n) is 10.6. The summed E-state index contributed by atoms with van der Waals surface area (Å²) in [7, 11) is 0. The average molecular weight is 526 g/mol. The summed E-state index contributed by atoms with van der Waals surface area (Å²) >= 11 is 0. The fourth-order valence-corrected chi connectivity index (χ4v) is 5.06. The first-order valence-corrected chi connectivity index (χ1v) is 14.5. The molecule has 1 atom stereocenters. The molecule has 0 bridgehead atoms. The van der Waals surface area contributed by atoms with Crippen LogP contribution in [0.1, 0.15) is 84.7 Å². The van der Waals surface area contributed by atoms with Gasteiger partial charge in [-0.05, 0) is 86.9 Å². The Hall–Kier alpha value is -3.60. The first-order valence-electron chi connectivity index (χ1n) is 14.5. The van der Waals surface area contributed by atoms with Crippen LogP contribution < -0.4 is 10.1 Å². The van der Waals surface area contributed by atoms with Crippen molar-refractivity contribution in [2.24, 2.45) is 0 Å². The summed E-state index contributed by atoms with van der Waals surface area (Å²) < 4.78 is 8.40. The molecule has 3 aromatic carbocycles. The molecule has 39 heavy (non-hydrogen) atoms. The largest absolute Gasteiger partial charge is 0.494 e. The first kappa shape index (κ1) is 28.4. The van der Waals surface area contributed by atoms with E-state index < -0.39 is 0 Å². The van der Waals surface area contributed by atoms with Crippen molar-refractivity contribution in [2.45, 2.75) is 78.7 Å². The number of ether oxygens (including phenoxy) is 1. The number of unbranched alkanes of at least 4 members (excludes halogenated alkanes) is 2. The van der Waals surface area contributed by atoms with Crippen LogP contribution in [0.5, 0.6) is 5.75 Å². The van der Waals surface area contributed by atoms with Crippen LogP contribution in [0.15, 0.2) is 66.7 Å². The van der Waals surface area contributed by atoms with Gasteiger partial charge in [0.1, 0.15) is 11.6 Å². The molecule has 0 saturated carbocycles. The van der Waals surface area contributed by atoms with E-state index in [0.29, 0.717) is 19.1 Å². The third-order valence-corrected chi connectivity index (χ3v) is 7.58. The molecule has 0 spiro atoms. The van der Waals surface area contributed by atoms with Crippen molar-refractivity contribution < 1.29 is 9.53 Å². The Balaban J connectivity index is 1.24. The molecule has 4 aromatic rings. The van der Waals surface area contributed by atoms with Gasteiger partial charge >= 0.3 is 0 Å². The lowest BCUT2D eigenvalue weighted by atomic mass is 9.99. The summed E-state index contributed by atoms with van der Waals surface area (Å²) in [5, 5.41) is 3.08. The molecule has 0 aliphatic heterocycles. The Morgan fingerprint density at radius 3 is 2.54 bits per heavy atom. The van der Waals surface area contributed by atoms with Crippen LogP contribution >= 0.6 is 0 Å². The van der Waals surface area contributed by atoms with Crippen LogP contribution in [0.25, 0.3) is 11.0 Å². The maximum Gasteiger partial charge on any atom is 0.251 e. The molecule has 5 nitrogen and oxygen atoms in total. The van der Waals surface area contributed by atoms with Gasteiger partial charge in [-0.1, -0.05) is 62.2 Å². The fourth-order valence-electron chi connectivity index (χ4n) is 5.06. The molecule has 5 heteroatoms. The number of fused-ring (bicyclic) bond motifs is 1. The highest BCUT2D eigenvalue weighted by Gasteiger charge is 2.11. The Morgan fingerprint density at radius 2 is 1.77 bits per heavy atom. The second-order valence-corrected chi connectivity index (χ2v) is 10.6. The van der Waals surface area contributed by atoms with E-state index in [-0.39, 0.29) is 5.91 Å². The normalized spacial score (nSPS) is 12.0. The van der Waals surface area contributed by atoms with Gasteiger partial charge < -0.3 is 14.6 Å². The summed E-state index contributed by atoms with van der Waals surface area (Å²) in [5.41, 5.74) is 6.57. The summed E-state index contributed by atoms with van der Waals surface area (Å²) in [5.74, 6) is 2.66. The zero-order valence-corrected chi connectivity index (χ0v) is 24.0. The number of hydrogen-bond acceptors (Lipinski definition) is 3. The number of carbonyl (C=O) groups excluding carboxylic acids is 1. The zero-order valence-electron chi connectivity index (χ0n) is 24.0. The van der Waals surface area contributed by atoms with E-state index >= 15 is 0 Å². The van der Waals surface area contributed by atoms with Crippen molar-refractivity contribution in [3.63, 3.8) is 0 Å². The molecule has 1 unspecified atom stereocenters. The Labute approximate surface area is 233 Å². The lowest BCUT2D eigenvalue weighted by molar-refractivity contribution is 0.0952. The first-order chi connectivity index (χ1) is 19.0. The molecule has 1 aromatic heterocycles. The quantitative estimate of drug-likeness (QED) is 0.171. The van der Waals surface area contributed by atoms with Gasteiger partial charge in [-0.15, -0.1) is 0 Å². The predicted octanol–water partition coefficient (Wildman–Crippen LogP) is 7.78. The zero-order chi connectivity index (χ0) is 27.6. The molecule has 1 heterocycles. The average Bonchev–Trinajstić information content (AvgIpc) is 3.30. The van der Waals surface area contributed by atoms with Crippen molar-refractivity contribution in [2.75, 3.05) is 13.2 Å². The number of amides is 1. The van der Waals surface area contributed by atoms with E-state index in [1.807, 2.05) is 32.0 Å². The Kier molecular flexibility index (Phi) is 10.2. The van der Waals surface area contributed by atoms with E-state index in [0.717, 1.165) is 73.3 Å². The maximum absolute atomic E-state index is 12.5. The number of para-hydroxylation sites is 2. The van der Waals surface area contributed by atoms with Crippen molar-refractivity contribution in [1.29, 1.82) is 0 Å². The van der Waals surface area contributed by atoms with Crippen molar-refractivity contribution >= 4 is 16.9 Å². The minimum Gasteiger partial charge on any atom is -0.494 e. The second kappa shape index (κ2) is 14.0. The fraction of sp³-hybridized carbons (Fsp3) is 0.412. The van der Waals surface area contributed by atoms with E-state index in [2.05, 4.69) is 72.3 Å². The van der Waals surface area contributed by atoms with Crippen LogP contribution in [0.3, 0.4) is 0 Å². The van der Waals surface area contributed by atoms with Crippen molar-refractivity contribution in [1.82, 2.24) is 14.9 Å². The summed E-state index contributed by atoms with van der Waals surface area (Å²) in [6.45, 7) is 10.8. The molecule has 0 aliphatic carbocycles. The van der Waals surface area contributed by atoms with Crippen LogP contribution in [0.4, 0.5) is 0 Å². The van der Waals surface area contributed by atoms with Gasteiger partial charge in [0.25, 0.3) is 5.91 Å². The number of carbonyl (C=O) groups is 1. The highest BCUT2D eigenvalue weighted by Crippen LogP contribution is 2.22. The van der Waals surface area contributed by atoms with E-state index in [4.69, 9.17) is 9.72 Å². The summed E-state index contributed by atoms with van der Waals surface area (Å²) in [4.78, 5) is 17.4. The third kappa shape index (κ3) is 7.72. The van der Waals surface area contributed by atoms with Gasteiger partial charge in [-0.25, -0.2) is 4.98 Å². The molecule has 1 N–H and O–H groups in total. The van der Waals surface area contributed by atoms with Gasteiger partial charge in [-0.3, -0.25) is 4.79 Å². The Morgan fingerprint density at radius 1 is 0.974 bits per heavy atom. The minimum absolute atomic E-state index is 0.0166. The highest BCUT2D eigenvalue weighted by molar-refractivity contribution is 5.95. The smallest absolute Gasteiger partial charge is 0.251 e. The number of nitrogens with zero attached hydrogens (tertiary/aromatic N) is 2. The van der Waals surface area contributed by atoms with Crippen LogP contribution in [0, 0.1) is 13.8 Å². The van der Waals surface area contributed by atoms with Gasteiger partial charge in [0.05, 0.1) is 17.6 Å². The van der Waals surface area contributed by atoms with Gasteiger partial charge in [-0.2, -0.15) is 0 Å². The molecule has 0 fully saturated rings. The van der Waals surface area contributed by atoms with Crippen LogP contribution in [0.2, 0.25) is 0 Å². The summed E-state index contributed by atoms with van der Waals surface area (Å²) in [6.07, 6.45) is 6.04. The van der Waals surface area contributed by atoms with Gasteiger partial charge in [0.2, 0.25) is 0 Å². The number of hydrogen-bond donors (Lipinski definition) is 1. The lowest BCUT2D eigenvalue weighted by Crippen LogP contribution is -2.25. The van der Waals surface area contributed by atoms with Crippen molar-refractivity contribution in [3.05, 3.63) is 94.8 Å². The minimum atomic E-state index is 0.0166. The molecule has 0 radical (unpaired) electrons. The van der Waals surface area contributed by atoms with E-state index in [1.165, 1.54) is 16.6 Å². The van der Waals surface area contributed by atoms with E-state index in [1.54, 1.807) is 0 Å². The molecule has 4 rings (SSSR count). The molecule has 206 valence electrons. The third-order valence-electron chi connectivity index (χ3n) is 7.58. The highest BCUT2D eigenvalue weighted by atomic mass is 16.5. The van der Waals surface area contributed by atoms with Gasteiger partial charge in [0.15, 0.2) is 0 Å². The SMILES string of the molecule is CCC(C)c1ccc(OCCCn2c(CCCCCNC(=O)c3ccc(C)cc3C)nc3ccccc32)cc1. The predicted molar refractivity (Wildman–Crippen MR) is 161 cm³/mol. The number of rotatable bonds is 14. The monoisotopic (exact) mass is 525 g/mol. The van der Waals surface area contributed by atoms with Crippen LogP contribution in [-0.4, -0.2) is 28.6 Å². The topological polar surface area (TPSA) is 56.1 Å². The molecular formula is C34H43N3O2. The number of aromatic nitrogens is 2. The Bertz CT molecular complexity index is 1360. The number of benzene rings is 3. The van der Waals surface area contributed by atoms with Crippen molar-refractivity contribution in [3.8, 4) is 5.75 Å². The van der Waals surface area contributed by atoms with Crippen LogP contribution in [-0.2, 0) is 13.0 Å².